The summed E-state index contributed by atoms with van der Waals surface area (Å²) < 4.78 is 6.89. The minimum atomic E-state index is -0.596. The van der Waals surface area contributed by atoms with Crippen molar-refractivity contribution >= 4 is 10.8 Å². The van der Waals surface area contributed by atoms with Crippen molar-refractivity contribution in [3.63, 3.8) is 0 Å². The zero-order chi connectivity index (χ0) is 35.6. The first-order valence-corrected chi connectivity index (χ1v) is 18.4. The smallest absolute Gasteiger partial charge is 0.160 e. The van der Waals surface area contributed by atoms with Crippen LogP contribution in [-0.2, 0) is 5.41 Å². The zero-order valence-electron chi connectivity index (χ0n) is 29.3. The predicted molar refractivity (Wildman–Crippen MR) is 219 cm³/mol. The van der Waals surface area contributed by atoms with E-state index in [1.165, 1.54) is 38.8 Å². The first-order chi connectivity index (χ1) is 26.7. The summed E-state index contributed by atoms with van der Waals surface area (Å²) >= 11 is 0. The number of aromatic nitrogens is 2. The maximum atomic E-state index is 6.89. The molecule has 0 N–H and O–H groups in total. The highest BCUT2D eigenvalue weighted by molar-refractivity contribution is 5.93. The van der Waals surface area contributed by atoms with E-state index in [4.69, 9.17) is 14.7 Å². The summed E-state index contributed by atoms with van der Waals surface area (Å²) in [6.45, 7) is 0. The molecule has 1 spiro atoms. The van der Waals surface area contributed by atoms with Crippen molar-refractivity contribution in [2.45, 2.75) is 5.41 Å². The molecule has 2 heterocycles. The van der Waals surface area contributed by atoms with Crippen LogP contribution in [0.2, 0.25) is 0 Å². The van der Waals surface area contributed by atoms with Gasteiger partial charge in [0.05, 0.1) is 16.8 Å². The van der Waals surface area contributed by atoms with Gasteiger partial charge in [-0.1, -0.05) is 158 Å². The Bertz CT molecular complexity index is 2850. The summed E-state index contributed by atoms with van der Waals surface area (Å²) in [5.74, 6) is 2.42. The van der Waals surface area contributed by atoms with Gasteiger partial charge in [-0.3, -0.25) is 0 Å². The topological polar surface area (TPSA) is 35.0 Å². The van der Waals surface area contributed by atoms with Crippen molar-refractivity contribution in [3.05, 3.63) is 216 Å². The molecule has 1 aromatic heterocycles. The van der Waals surface area contributed by atoms with Crippen molar-refractivity contribution in [3.8, 4) is 67.7 Å². The van der Waals surface area contributed by atoms with Gasteiger partial charge in [-0.2, -0.15) is 0 Å². The molecule has 9 aromatic rings. The molecule has 0 amide bonds. The largest absolute Gasteiger partial charge is 0.457 e. The monoisotopic (exact) mass is 688 g/mol. The molecule has 0 saturated carbocycles. The summed E-state index contributed by atoms with van der Waals surface area (Å²) in [5, 5.41) is 2.34. The Morgan fingerprint density at radius 2 is 0.833 bits per heavy atom. The Hall–Kier alpha value is -7.10. The summed E-state index contributed by atoms with van der Waals surface area (Å²) in [4.78, 5) is 10.4. The van der Waals surface area contributed by atoms with Gasteiger partial charge in [-0.25, -0.2) is 9.97 Å². The minimum Gasteiger partial charge on any atom is -0.457 e. The van der Waals surface area contributed by atoms with Crippen molar-refractivity contribution in [1.82, 2.24) is 9.97 Å². The number of fused-ring (bicyclic) bond motifs is 10. The van der Waals surface area contributed by atoms with Gasteiger partial charge >= 0.3 is 0 Å². The third-order valence-electron chi connectivity index (χ3n) is 11.1. The lowest BCUT2D eigenvalue weighted by molar-refractivity contribution is 0.437. The van der Waals surface area contributed by atoms with Gasteiger partial charge in [0.2, 0.25) is 0 Å². The summed E-state index contributed by atoms with van der Waals surface area (Å²) in [7, 11) is 0. The van der Waals surface area contributed by atoms with E-state index >= 15 is 0 Å². The van der Waals surface area contributed by atoms with Crippen molar-refractivity contribution in [2.24, 2.45) is 0 Å². The van der Waals surface area contributed by atoms with Crippen LogP contribution >= 0.6 is 0 Å². The van der Waals surface area contributed by atoms with Gasteiger partial charge in [0.15, 0.2) is 5.82 Å². The molecule has 54 heavy (non-hydrogen) atoms. The number of hydrogen-bond donors (Lipinski definition) is 0. The molecule has 0 fully saturated rings. The number of ether oxygens (including phenoxy) is 1. The highest BCUT2D eigenvalue weighted by atomic mass is 16.5. The van der Waals surface area contributed by atoms with Crippen LogP contribution in [0.1, 0.15) is 22.3 Å². The maximum Gasteiger partial charge on any atom is 0.160 e. The first kappa shape index (κ1) is 30.5. The third-order valence-corrected chi connectivity index (χ3v) is 11.1. The van der Waals surface area contributed by atoms with Crippen LogP contribution in [0, 0.1) is 0 Å². The SMILES string of the molecule is c1ccc(-c2ccc(-c3cc(-c4ccc5c(c4)C4(c6cc7ccccc7cc6O5)c5ccccc5-c5ccccc54)nc(-c4ccccc4)n3)cc2)cc1. The molecule has 2 aliphatic rings. The Morgan fingerprint density at radius 1 is 0.333 bits per heavy atom. The normalized spacial score (nSPS) is 13.1. The van der Waals surface area contributed by atoms with E-state index in [-0.39, 0.29) is 0 Å². The second kappa shape index (κ2) is 12.0. The Balaban J connectivity index is 1.14. The van der Waals surface area contributed by atoms with Crippen LogP contribution in [0.4, 0.5) is 0 Å². The molecule has 0 saturated heterocycles. The van der Waals surface area contributed by atoms with E-state index in [2.05, 4.69) is 170 Å². The Kier molecular flexibility index (Phi) is 6.77. The van der Waals surface area contributed by atoms with E-state index in [1.54, 1.807) is 0 Å². The Morgan fingerprint density at radius 3 is 1.52 bits per heavy atom. The highest BCUT2D eigenvalue weighted by Crippen LogP contribution is 2.62. The molecule has 3 heteroatoms. The average molecular weight is 689 g/mol. The fourth-order valence-corrected chi connectivity index (χ4v) is 8.67. The van der Waals surface area contributed by atoms with Gasteiger partial charge in [0.1, 0.15) is 11.5 Å². The van der Waals surface area contributed by atoms with Crippen molar-refractivity contribution < 1.29 is 4.74 Å². The molecule has 0 bridgehead atoms. The van der Waals surface area contributed by atoms with Crippen LogP contribution in [-0.4, -0.2) is 9.97 Å². The average Bonchev–Trinajstić information content (AvgIpc) is 3.54. The van der Waals surface area contributed by atoms with E-state index in [1.807, 2.05) is 24.3 Å². The van der Waals surface area contributed by atoms with Gasteiger partial charge in [-0.05, 0) is 80.6 Å². The van der Waals surface area contributed by atoms with E-state index in [0.29, 0.717) is 5.82 Å². The molecule has 11 rings (SSSR count). The molecular weight excluding hydrogens is 657 g/mol. The van der Waals surface area contributed by atoms with Gasteiger partial charge < -0.3 is 4.74 Å². The molecular formula is C51H32N2O. The van der Waals surface area contributed by atoms with E-state index in [9.17, 15) is 0 Å². The zero-order valence-corrected chi connectivity index (χ0v) is 29.3. The predicted octanol–water partition coefficient (Wildman–Crippen LogP) is 12.8. The second-order valence-corrected chi connectivity index (χ2v) is 14.1. The number of benzene rings is 8. The third kappa shape index (κ3) is 4.62. The first-order valence-electron chi connectivity index (χ1n) is 18.4. The molecule has 1 aliphatic heterocycles. The summed E-state index contributed by atoms with van der Waals surface area (Å²) in [5.41, 5.74) is 13.8. The van der Waals surface area contributed by atoms with Crippen LogP contribution in [0.25, 0.3) is 66.9 Å². The minimum absolute atomic E-state index is 0.596. The molecule has 252 valence electrons. The van der Waals surface area contributed by atoms with E-state index < -0.39 is 5.41 Å². The molecule has 0 radical (unpaired) electrons. The Labute approximate surface area is 313 Å². The van der Waals surface area contributed by atoms with Crippen molar-refractivity contribution in [2.75, 3.05) is 0 Å². The van der Waals surface area contributed by atoms with E-state index in [0.717, 1.165) is 56.1 Å². The van der Waals surface area contributed by atoms with Crippen LogP contribution in [0.15, 0.2) is 194 Å². The molecule has 1 aliphatic carbocycles. The second-order valence-electron chi connectivity index (χ2n) is 14.1. The standard InChI is InChI=1S/C51H32N2O/c1-3-13-33(14-4-1)34-23-25-35(26-24-34)46-32-47(53-50(52-46)36-15-5-2-6-16-36)39-27-28-48-44(30-39)51(45-29-37-17-7-8-18-38(37)31-49(45)54-48)42-21-11-9-19-40(42)41-20-10-12-22-43(41)51/h1-32H. The van der Waals surface area contributed by atoms with Crippen molar-refractivity contribution in [1.29, 1.82) is 0 Å². The number of nitrogens with zero attached hydrogens (tertiary/aromatic N) is 2. The quantitative estimate of drug-likeness (QED) is 0.185. The lowest BCUT2D eigenvalue weighted by Crippen LogP contribution is -2.32. The maximum absolute atomic E-state index is 6.89. The molecule has 3 nitrogen and oxygen atoms in total. The molecule has 8 aromatic carbocycles. The molecule has 0 unspecified atom stereocenters. The number of rotatable bonds is 4. The number of hydrogen-bond acceptors (Lipinski definition) is 3. The van der Waals surface area contributed by atoms with Crippen LogP contribution in [0.5, 0.6) is 11.5 Å². The fraction of sp³-hybridized carbons (Fsp3) is 0.0196. The summed E-state index contributed by atoms with van der Waals surface area (Å²) in [6.07, 6.45) is 0. The van der Waals surface area contributed by atoms with Crippen LogP contribution < -0.4 is 4.74 Å². The van der Waals surface area contributed by atoms with Gasteiger partial charge in [0, 0.05) is 27.8 Å². The fourth-order valence-electron chi connectivity index (χ4n) is 8.67. The van der Waals surface area contributed by atoms with Gasteiger partial charge in [0.25, 0.3) is 0 Å². The summed E-state index contributed by atoms with van der Waals surface area (Å²) in [6, 6.07) is 68.9. The van der Waals surface area contributed by atoms with Crippen LogP contribution in [0.3, 0.4) is 0 Å². The lowest BCUT2D eigenvalue weighted by Gasteiger charge is -2.40. The highest BCUT2D eigenvalue weighted by Gasteiger charge is 2.51. The van der Waals surface area contributed by atoms with Gasteiger partial charge in [-0.15, -0.1) is 0 Å². The molecule has 0 atom stereocenters. The lowest BCUT2D eigenvalue weighted by atomic mass is 9.65.